The molecular weight excluding hydrogens is 272 g/mol. The molecule has 1 aliphatic rings. The molecule has 1 aromatic carbocycles. The molecule has 1 N–H and O–H groups in total. The van der Waals surface area contributed by atoms with E-state index in [0.29, 0.717) is 6.04 Å². The fourth-order valence-electron chi connectivity index (χ4n) is 3.23. The van der Waals surface area contributed by atoms with Crippen molar-refractivity contribution in [2.75, 3.05) is 6.54 Å². The van der Waals surface area contributed by atoms with Gasteiger partial charge in [-0.2, -0.15) is 0 Å². The topological polar surface area (TPSA) is 34.0 Å². The lowest BCUT2D eigenvalue weighted by molar-refractivity contribution is 0.444. The first-order valence-corrected chi connectivity index (χ1v) is 8.28. The molecule has 3 nitrogen and oxygen atoms in total. The summed E-state index contributed by atoms with van der Waals surface area (Å²) in [4.78, 5) is 11.6. The molecule has 0 spiro atoms. The number of hydrogen-bond donors (Lipinski definition) is 1. The molecule has 1 aromatic heterocycles. The predicted molar refractivity (Wildman–Crippen MR) is 90.2 cm³/mol. The van der Waals surface area contributed by atoms with Crippen molar-refractivity contribution in [3.8, 4) is 0 Å². The summed E-state index contributed by atoms with van der Waals surface area (Å²) in [5, 5.41) is 3.68. The van der Waals surface area contributed by atoms with Crippen LogP contribution in [0.1, 0.15) is 30.4 Å². The maximum Gasteiger partial charge on any atom is 0.250 e. The third-order valence-corrected chi connectivity index (χ3v) is 4.50. The Morgan fingerprint density at radius 3 is 2.73 bits per heavy atom. The highest BCUT2D eigenvalue weighted by molar-refractivity contribution is 5.30. The molecule has 0 aliphatic heterocycles. The van der Waals surface area contributed by atoms with Crippen molar-refractivity contribution in [3.63, 3.8) is 0 Å². The highest BCUT2D eigenvalue weighted by Gasteiger charge is 2.16. The summed E-state index contributed by atoms with van der Waals surface area (Å²) in [7, 11) is 0. The Labute approximate surface area is 132 Å². The standard InChI is InChI=1S/C19H24N2O/c22-19-9-3-5-13-21(19)14-6-4-12-20-18-11-10-16-7-1-2-8-17(16)15-18/h1-3,5,7-9,13,18,20H,4,6,10-12,14-15H2/t18-/m1/s1. The number of nitrogens with zero attached hydrogens (tertiary/aromatic N) is 1. The minimum atomic E-state index is 0.0966. The molecule has 2 aromatic rings. The van der Waals surface area contributed by atoms with Crippen molar-refractivity contribution in [2.45, 2.75) is 44.7 Å². The molecule has 3 rings (SSSR count). The second-order valence-electron chi connectivity index (χ2n) is 6.10. The van der Waals surface area contributed by atoms with Crippen molar-refractivity contribution >= 4 is 0 Å². The smallest absolute Gasteiger partial charge is 0.250 e. The Hall–Kier alpha value is -1.87. The number of unbranched alkanes of at least 4 members (excludes halogenated alkanes) is 1. The molecule has 22 heavy (non-hydrogen) atoms. The quantitative estimate of drug-likeness (QED) is 0.832. The second-order valence-corrected chi connectivity index (χ2v) is 6.10. The number of hydrogen-bond acceptors (Lipinski definition) is 2. The second kappa shape index (κ2) is 7.41. The van der Waals surface area contributed by atoms with E-state index in [4.69, 9.17) is 0 Å². The Bertz CT molecular complexity index is 662. The van der Waals surface area contributed by atoms with Gasteiger partial charge in [0.2, 0.25) is 5.56 Å². The van der Waals surface area contributed by atoms with Crippen LogP contribution in [0.5, 0.6) is 0 Å². The third-order valence-electron chi connectivity index (χ3n) is 4.50. The molecule has 1 aliphatic carbocycles. The zero-order chi connectivity index (χ0) is 15.2. The van der Waals surface area contributed by atoms with E-state index in [9.17, 15) is 4.79 Å². The van der Waals surface area contributed by atoms with E-state index in [1.165, 1.54) is 24.0 Å². The van der Waals surface area contributed by atoms with Crippen LogP contribution >= 0.6 is 0 Å². The fourth-order valence-corrected chi connectivity index (χ4v) is 3.23. The average Bonchev–Trinajstić information content (AvgIpc) is 2.56. The lowest BCUT2D eigenvalue weighted by atomic mass is 9.88. The lowest BCUT2D eigenvalue weighted by Gasteiger charge is -2.25. The third kappa shape index (κ3) is 3.86. The molecule has 116 valence electrons. The van der Waals surface area contributed by atoms with Gasteiger partial charge in [-0.3, -0.25) is 4.79 Å². The minimum Gasteiger partial charge on any atom is -0.316 e. The SMILES string of the molecule is O=c1ccccn1CCCCN[C@@H]1CCc2ccccc2C1. The van der Waals surface area contributed by atoms with Crippen LogP contribution < -0.4 is 10.9 Å². The van der Waals surface area contributed by atoms with Crippen LogP contribution in [0.25, 0.3) is 0 Å². The first kappa shape index (κ1) is 15.0. The number of benzene rings is 1. The molecule has 0 saturated carbocycles. The van der Waals surface area contributed by atoms with E-state index in [1.807, 2.05) is 12.3 Å². The first-order chi connectivity index (χ1) is 10.8. The van der Waals surface area contributed by atoms with Gasteiger partial charge in [-0.25, -0.2) is 0 Å². The summed E-state index contributed by atoms with van der Waals surface area (Å²) >= 11 is 0. The fraction of sp³-hybridized carbons (Fsp3) is 0.421. The van der Waals surface area contributed by atoms with Crippen LogP contribution in [0.4, 0.5) is 0 Å². The lowest BCUT2D eigenvalue weighted by Crippen LogP contribution is -2.35. The molecule has 1 atom stereocenters. The van der Waals surface area contributed by atoms with Gasteiger partial charge in [0.1, 0.15) is 0 Å². The average molecular weight is 296 g/mol. The number of aryl methyl sites for hydroxylation is 2. The molecule has 0 amide bonds. The predicted octanol–water partition coefficient (Wildman–Crippen LogP) is 2.78. The zero-order valence-electron chi connectivity index (χ0n) is 13.0. The Balaban J connectivity index is 1.38. The molecule has 0 fully saturated rings. The van der Waals surface area contributed by atoms with Gasteiger partial charge in [0.25, 0.3) is 0 Å². The van der Waals surface area contributed by atoms with Crippen molar-refractivity contribution in [2.24, 2.45) is 0 Å². The normalized spacial score (nSPS) is 17.2. The van der Waals surface area contributed by atoms with Crippen molar-refractivity contribution in [1.82, 2.24) is 9.88 Å². The summed E-state index contributed by atoms with van der Waals surface area (Å²) in [6.07, 6.45) is 7.59. The monoisotopic (exact) mass is 296 g/mol. The van der Waals surface area contributed by atoms with Crippen molar-refractivity contribution in [3.05, 3.63) is 70.1 Å². The summed E-state index contributed by atoms with van der Waals surface area (Å²) in [5.41, 5.74) is 3.12. The zero-order valence-corrected chi connectivity index (χ0v) is 13.0. The molecule has 0 radical (unpaired) electrons. The highest BCUT2D eigenvalue weighted by Crippen LogP contribution is 2.20. The van der Waals surface area contributed by atoms with Gasteiger partial charge in [0, 0.05) is 24.8 Å². The van der Waals surface area contributed by atoms with Gasteiger partial charge < -0.3 is 9.88 Å². The highest BCUT2D eigenvalue weighted by atomic mass is 16.1. The van der Waals surface area contributed by atoms with Crippen LogP contribution in [0.3, 0.4) is 0 Å². The van der Waals surface area contributed by atoms with E-state index < -0.39 is 0 Å². The van der Waals surface area contributed by atoms with Crippen LogP contribution in [0, 0.1) is 0 Å². The van der Waals surface area contributed by atoms with Gasteiger partial charge in [-0.1, -0.05) is 30.3 Å². The Morgan fingerprint density at radius 2 is 1.86 bits per heavy atom. The van der Waals surface area contributed by atoms with E-state index >= 15 is 0 Å². The molecule has 0 unspecified atom stereocenters. The molecule has 0 saturated heterocycles. The van der Waals surface area contributed by atoms with E-state index in [1.54, 1.807) is 16.7 Å². The Morgan fingerprint density at radius 1 is 1.05 bits per heavy atom. The largest absolute Gasteiger partial charge is 0.316 e. The van der Waals surface area contributed by atoms with Crippen molar-refractivity contribution in [1.29, 1.82) is 0 Å². The maximum absolute atomic E-state index is 11.6. The van der Waals surface area contributed by atoms with Crippen LogP contribution in [-0.4, -0.2) is 17.2 Å². The van der Waals surface area contributed by atoms with Gasteiger partial charge in [-0.05, 0) is 55.8 Å². The van der Waals surface area contributed by atoms with Gasteiger partial charge >= 0.3 is 0 Å². The van der Waals surface area contributed by atoms with Gasteiger partial charge in [0.15, 0.2) is 0 Å². The Kier molecular flexibility index (Phi) is 5.07. The molecule has 3 heteroatoms. The van der Waals surface area contributed by atoms with E-state index in [2.05, 4.69) is 29.6 Å². The number of nitrogens with one attached hydrogen (secondary N) is 1. The number of pyridine rings is 1. The maximum atomic E-state index is 11.6. The van der Waals surface area contributed by atoms with E-state index in [-0.39, 0.29) is 5.56 Å². The van der Waals surface area contributed by atoms with Gasteiger partial charge in [-0.15, -0.1) is 0 Å². The number of rotatable bonds is 6. The molecule has 0 bridgehead atoms. The minimum absolute atomic E-state index is 0.0966. The number of fused-ring (bicyclic) bond motifs is 1. The van der Waals surface area contributed by atoms with Crippen LogP contribution in [-0.2, 0) is 19.4 Å². The summed E-state index contributed by atoms with van der Waals surface area (Å²) in [5.74, 6) is 0. The van der Waals surface area contributed by atoms with Crippen LogP contribution in [0.15, 0.2) is 53.5 Å². The van der Waals surface area contributed by atoms with E-state index in [0.717, 1.165) is 32.4 Å². The number of aromatic nitrogens is 1. The summed E-state index contributed by atoms with van der Waals surface area (Å²) in [6.45, 7) is 1.85. The summed E-state index contributed by atoms with van der Waals surface area (Å²) in [6, 6.07) is 14.7. The first-order valence-electron chi connectivity index (χ1n) is 8.28. The summed E-state index contributed by atoms with van der Waals surface area (Å²) < 4.78 is 1.79. The molecule has 1 heterocycles. The molecular formula is C19H24N2O. The van der Waals surface area contributed by atoms with Crippen LogP contribution in [0.2, 0.25) is 0 Å². The van der Waals surface area contributed by atoms with Crippen molar-refractivity contribution < 1.29 is 0 Å². The van der Waals surface area contributed by atoms with Gasteiger partial charge in [0.05, 0.1) is 0 Å².